The van der Waals surface area contributed by atoms with Crippen molar-refractivity contribution >= 4 is 23.5 Å². The predicted molar refractivity (Wildman–Crippen MR) is 91.2 cm³/mol. The van der Waals surface area contributed by atoms with Crippen LogP contribution in [0, 0.1) is 0 Å². The lowest BCUT2D eigenvalue weighted by Crippen LogP contribution is -2.20. The summed E-state index contributed by atoms with van der Waals surface area (Å²) in [5, 5.41) is 0. The van der Waals surface area contributed by atoms with Gasteiger partial charge in [-0.25, -0.2) is 0 Å². The normalized spacial score (nSPS) is 11.3. The van der Waals surface area contributed by atoms with Gasteiger partial charge >= 0.3 is 0 Å². The maximum Gasteiger partial charge on any atom is -0.00218 e. The summed E-state index contributed by atoms with van der Waals surface area (Å²) >= 11 is 3.95. The Morgan fingerprint density at radius 2 is 1.00 bits per heavy atom. The molecular weight excluding hydrogens is 258 g/mol. The van der Waals surface area contributed by atoms with Crippen LogP contribution in [0.15, 0.2) is 0 Å². The monoisotopic (exact) mass is 291 g/mol. The molecule has 0 aliphatic heterocycles. The largest absolute Gasteiger partial charge is 0.306 e. The van der Waals surface area contributed by atoms with Gasteiger partial charge in [0.2, 0.25) is 0 Å². The van der Waals surface area contributed by atoms with Gasteiger partial charge in [0.25, 0.3) is 0 Å². The van der Waals surface area contributed by atoms with E-state index >= 15 is 0 Å². The molecule has 0 fully saturated rings. The lowest BCUT2D eigenvalue weighted by Gasteiger charge is -2.16. The maximum atomic E-state index is 2.52. The maximum absolute atomic E-state index is 2.52. The van der Waals surface area contributed by atoms with E-state index in [0.717, 1.165) is 0 Å². The molecule has 110 valence electrons. The minimum atomic E-state index is 1.30. The van der Waals surface area contributed by atoms with Crippen LogP contribution in [0.25, 0.3) is 0 Å². The van der Waals surface area contributed by atoms with Crippen molar-refractivity contribution in [3.63, 3.8) is 0 Å². The minimum absolute atomic E-state index is 1.30. The summed E-state index contributed by atoms with van der Waals surface area (Å²) in [6, 6.07) is 0. The second-order valence-electron chi connectivity index (χ2n) is 5.12. The Labute approximate surface area is 124 Å². The van der Waals surface area contributed by atoms with Gasteiger partial charge in [0.1, 0.15) is 0 Å². The van der Waals surface area contributed by atoms with Crippen LogP contribution >= 0.6 is 23.5 Å². The molecule has 18 heavy (non-hydrogen) atoms. The quantitative estimate of drug-likeness (QED) is 0.425. The van der Waals surface area contributed by atoms with Crippen LogP contribution in [-0.4, -0.2) is 49.1 Å². The van der Waals surface area contributed by atoms with Crippen molar-refractivity contribution in [3.05, 3.63) is 0 Å². The highest BCUT2D eigenvalue weighted by atomic mass is 32.2. The van der Waals surface area contributed by atoms with Crippen molar-refractivity contribution in [2.75, 3.05) is 44.2 Å². The Morgan fingerprint density at radius 3 is 1.39 bits per heavy atom. The summed E-state index contributed by atoms with van der Waals surface area (Å²) in [6.45, 7) is 2.59. The van der Waals surface area contributed by atoms with Crippen LogP contribution in [0.5, 0.6) is 0 Å². The fourth-order valence-electron chi connectivity index (χ4n) is 2.08. The van der Waals surface area contributed by atoms with Gasteiger partial charge in [-0.2, -0.15) is 23.5 Å². The molecule has 0 spiro atoms. The van der Waals surface area contributed by atoms with Gasteiger partial charge in [-0.05, 0) is 69.8 Å². The SMILES string of the molecule is CSCCCCCCN(C)CCCCCCSC. The first-order chi connectivity index (χ1) is 8.81. The standard InChI is InChI=1S/C15H33NS2/c1-16(12-8-4-6-10-14-17-2)13-9-5-7-11-15-18-3/h4-15H2,1-3H3. The van der Waals surface area contributed by atoms with Crippen LogP contribution in [0.4, 0.5) is 0 Å². The van der Waals surface area contributed by atoms with Gasteiger partial charge in [-0.3, -0.25) is 0 Å². The van der Waals surface area contributed by atoms with Gasteiger partial charge in [-0.1, -0.05) is 25.7 Å². The molecule has 0 atom stereocenters. The summed E-state index contributed by atoms with van der Waals surface area (Å²) in [4.78, 5) is 2.52. The molecule has 1 nitrogen and oxygen atoms in total. The predicted octanol–water partition coefficient (Wildman–Crippen LogP) is 4.77. The average molecular weight is 292 g/mol. The number of thioether (sulfide) groups is 2. The van der Waals surface area contributed by atoms with E-state index in [-0.39, 0.29) is 0 Å². The molecule has 0 aliphatic carbocycles. The topological polar surface area (TPSA) is 3.24 Å². The van der Waals surface area contributed by atoms with Gasteiger partial charge < -0.3 is 4.90 Å². The number of rotatable bonds is 14. The molecule has 0 saturated carbocycles. The molecule has 0 rings (SSSR count). The Morgan fingerprint density at radius 1 is 0.611 bits per heavy atom. The molecule has 0 amide bonds. The second-order valence-corrected chi connectivity index (χ2v) is 7.09. The Bertz CT molecular complexity index is 137. The zero-order chi connectivity index (χ0) is 13.5. The molecule has 0 radical (unpaired) electrons. The van der Waals surface area contributed by atoms with Gasteiger partial charge in [0.15, 0.2) is 0 Å². The van der Waals surface area contributed by atoms with Gasteiger partial charge in [0, 0.05) is 0 Å². The Kier molecular flexibility index (Phi) is 16.3. The number of hydrogen-bond donors (Lipinski definition) is 0. The van der Waals surface area contributed by atoms with E-state index in [9.17, 15) is 0 Å². The van der Waals surface area contributed by atoms with Gasteiger partial charge in [-0.15, -0.1) is 0 Å². The highest BCUT2D eigenvalue weighted by Gasteiger charge is 1.98. The first kappa shape index (κ1) is 18.7. The molecule has 0 aliphatic rings. The second kappa shape index (κ2) is 15.7. The molecule has 0 saturated heterocycles. The first-order valence-electron chi connectivity index (χ1n) is 7.47. The van der Waals surface area contributed by atoms with Crippen LogP contribution in [0.1, 0.15) is 51.4 Å². The molecule has 0 aromatic carbocycles. The zero-order valence-electron chi connectivity index (χ0n) is 12.7. The van der Waals surface area contributed by atoms with E-state index in [1.165, 1.54) is 76.0 Å². The number of nitrogens with zero attached hydrogens (tertiary/aromatic N) is 1. The molecule has 0 aromatic rings. The van der Waals surface area contributed by atoms with Crippen LogP contribution < -0.4 is 0 Å². The molecular formula is C15H33NS2. The summed E-state index contributed by atoms with van der Waals surface area (Å²) < 4.78 is 0. The average Bonchev–Trinajstić information content (AvgIpc) is 2.38. The van der Waals surface area contributed by atoms with E-state index in [1.807, 2.05) is 23.5 Å². The highest BCUT2D eigenvalue weighted by Crippen LogP contribution is 2.07. The number of unbranched alkanes of at least 4 members (excludes halogenated alkanes) is 6. The molecule has 0 bridgehead atoms. The lowest BCUT2D eigenvalue weighted by molar-refractivity contribution is 0.315. The van der Waals surface area contributed by atoms with E-state index in [4.69, 9.17) is 0 Å². The van der Waals surface area contributed by atoms with Crippen molar-refractivity contribution in [1.29, 1.82) is 0 Å². The van der Waals surface area contributed by atoms with Crippen molar-refractivity contribution in [2.24, 2.45) is 0 Å². The third-order valence-corrected chi connectivity index (χ3v) is 4.67. The van der Waals surface area contributed by atoms with Crippen molar-refractivity contribution in [2.45, 2.75) is 51.4 Å². The molecule has 3 heteroatoms. The third kappa shape index (κ3) is 14.7. The van der Waals surface area contributed by atoms with Crippen molar-refractivity contribution in [1.82, 2.24) is 4.90 Å². The minimum Gasteiger partial charge on any atom is -0.306 e. The zero-order valence-corrected chi connectivity index (χ0v) is 14.4. The lowest BCUT2D eigenvalue weighted by atomic mass is 10.2. The Balaban J connectivity index is 3.10. The highest BCUT2D eigenvalue weighted by molar-refractivity contribution is 7.98. The smallest absolute Gasteiger partial charge is 0.00218 e. The molecule has 0 heterocycles. The van der Waals surface area contributed by atoms with E-state index < -0.39 is 0 Å². The summed E-state index contributed by atoms with van der Waals surface area (Å²) in [7, 11) is 2.28. The summed E-state index contributed by atoms with van der Waals surface area (Å²) in [6.07, 6.45) is 15.7. The van der Waals surface area contributed by atoms with Crippen molar-refractivity contribution < 1.29 is 0 Å². The van der Waals surface area contributed by atoms with E-state index in [1.54, 1.807) is 0 Å². The van der Waals surface area contributed by atoms with E-state index in [2.05, 4.69) is 24.5 Å². The van der Waals surface area contributed by atoms with Crippen LogP contribution in [-0.2, 0) is 0 Å². The summed E-state index contributed by atoms with van der Waals surface area (Å²) in [5.74, 6) is 2.68. The third-order valence-electron chi connectivity index (χ3n) is 3.28. The number of hydrogen-bond acceptors (Lipinski definition) is 3. The first-order valence-corrected chi connectivity index (χ1v) is 10.3. The van der Waals surface area contributed by atoms with E-state index in [0.29, 0.717) is 0 Å². The van der Waals surface area contributed by atoms with Crippen LogP contribution in [0.3, 0.4) is 0 Å². The summed E-state index contributed by atoms with van der Waals surface area (Å²) in [5.41, 5.74) is 0. The molecule has 0 aromatic heterocycles. The Hall–Kier alpha value is 0.660. The van der Waals surface area contributed by atoms with Crippen LogP contribution in [0.2, 0.25) is 0 Å². The fourth-order valence-corrected chi connectivity index (χ4v) is 3.06. The molecule has 0 unspecified atom stereocenters. The fraction of sp³-hybridized carbons (Fsp3) is 1.00. The van der Waals surface area contributed by atoms with Crippen molar-refractivity contribution in [3.8, 4) is 0 Å². The van der Waals surface area contributed by atoms with Gasteiger partial charge in [0.05, 0.1) is 0 Å². The molecule has 0 N–H and O–H groups in total.